The van der Waals surface area contributed by atoms with E-state index < -0.39 is 0 Å². The Morgan fingerprint density at radius 2 is 1.61 bits per heavy atom. The van der Waals surface area contributed by atoms with Gasteiger partial charge >= 0.3 is 0 Å². The highest BCUT2D eigenvalue weighted by Gasteiger charge is 2.17. The maximum atomic E-state index is 12.4. The number of nitrogens with zero attached hydrogens (tertiary/aromatic N) is 1. The summed E-state index contributed by atoms with van der Waals surface area (Å²) in [6.07, 6.45) is 4.32. The van der Waals surface area contributed by atoms with Crippen molar-refractivity contribution in [3.05, 3.63) is 89.7 Å². The van der Waals surface area contributed by atoms with E-state index in [0.29, 0.717) is 11.4 Å². The Balaban J connectivity index is 1.76. The van der Waals surface area contributed by atoms with Crippen LogP contribution in [0, 0.1) is 0 Å². The van der Waals surface area contributed by atoms with Gasteiger partial charge in [0.1, 0.15) is 0 Å². The van der Waals surface area contributed by atoms with Crippen molar-refractivity contribution in [3.63, 3.8) is 0 Å². The van der Waals surface area contributed by atoms with E-state index >= 15 is 0 Å². The number of anilines is 1. The molecule has 1 atom stereocenters. The molecule has 0 saturated heterocycles. The topological polar surface area (TPSA) is 34.0 Å². The van der Waals surface area contributed by atoms with Crippen LogP contribution in [0.3, 0.4) is 0 Å². The summed E-state index contributed by atoms with van der Waals surface area (Å²) in [5.74, 6) is -0.0325. The average Bonchev–Trinajstić information content (AvgIpc) is 3.10. The van der Waals surface area contributed by atoms with Crippen molar-refractivity contribution in [2.24, 2.45) is 0 Å². The lowest BCUT2D eigenvalue weighted by molar-refractivity contribution is -0.116. The first kappa shape index (κ1) is 15.4. The molecule has 0 saturated carbocycles. The molecule has 3 aromatic rings. The Morgan fingerprint density at radius 3 is 2.26 bits per heavy atom. The van der Waals surface area contributed by atoms with E-state index in [1.165, 1.54) is 0 Å². The van der Waals surface area contributed by atoms with Crippen molar-refractivity contribution < 1.29 is 4.79 Å². The Bertz CT molecular complexity index is 752. The summed E-state index contributed by atoms with van der Waals surface area (Å²) in [5.41, 5.74) is 1.86. The van der Waals surface area contributed by atoms with Gasteiger partial charge in [-0.3, -0.25) is 4.79 Å². The monoisotopic (exact) mass is 324 g/mol. The van der Waals surface area contributed by atoms with Crippen LogP contribution < -0.4 is 5.32 Å². The molecule has 3 nitrogen and oxygen atoms in total. The molecule has 1 unspecified atom stereocenters. The minimum atomic E-state index is -0.0325. The van der Waals surface area contributed by atoms with Gasteiger partial charge in [-0.15, -0.1) is 0 Å². The van der Waals surface area contributed by atoms with Gasteiger partial charge in [0.2, 0.25) is 5.91 Å². The number of amides is 1. The van der Waals surface area contributed by atoms with Gasteiger partial charge in [-0.1, -0.05) is 41.9 Å². The lowest BCUT2D eigenvalue weighted by Gasteiger charge is -2.19. The number of halogens is 1. The largest absolute Gasteiger partial charge is 0.346 e. The zero-order chi connectivity index (χ0) is 16.1. The van der Waals surface area contributed by atoms with E-state index in [1.54, 1.807) is 24.3 Å². The number of benzene rings is 2. The summed E-state index contributed by atoms with van der Waals surface area (Å²) in [4.78, 5) is 12.4. The fourth-order valence-electron chi connectivity index (χ4n) is 2.55. The third-order valence-electron chi connectivity index (χ3n) is 3.68. The first-order valence-corrected chi connectivity index (χ1v) is 7.83. The third kappa shape index (κ3) is 4.02. The smallest absolute Gasteiger partial charge is 0.226 e. The predicted octanol–water partition coefficient (Wildman–Crippen LogP) is 4.76. The molecule has 3 rings (SSSR count). The molecule has 0 radical (unpaired) electrons. The fourth-order valence-corrected chi connectivity index (χ4v) is 2.67. The first-order chi connectivity index (χ1) is 11.2. The molecular formula is C19H17ClN2O. The second kappa shape index (κ2) is 7.16. The Labute approximate surface area is 140 Å². The van der Waals surface area contributed by atoms with Gasteiger partial charge in [0.05, 0.1) is 12.5 Å². The standard InChI is InChI=1S/C19H17ClN2O/c20-16-8-10-17(11-9-16)21-19(23)14-18(22-12-4-5-13-22)15-6-2-1-3-7-15/h1-13,18H,14H2,(H,21,23). The molecule has 1 aromatic heterocycles. The number of carbonyl (C=O) groups is 1. The van der Waals surface area contributed by atoms with Gasteiger partial charge in [0.15, 0.2) is 0 Å². The minimum Gasteiger partial charge on any atom is -0.346 e. The lowest BCUT2D eigenvalue weighted by Crippen LogP contribution is -2.19. The predicted molar refractivity (Wildman–Crippen MR) is 93.7 cm³/mol. The molecule has 0 aliphatic rings. The molecule has 0 aliphatic carbocycles. The number of hydrogen-bond donors (Lipinski definition) is 1. The molecule has 1 amide bonds. The molecule has 23 heavy (non-hydrogen) atoms. The zero-order valence-corrected chi connectivity index (χ0v) is 13.3. The number of aromatic nitrogens is 1. The molecule has 0 fully saturated rings. The van der Waals surface area contributed by atoms with Gasteiger partial charge < -0.3 is 9.88 Å². The second-order valence-electron chi connectivity index (χ2n) is 5.32. The van der Waals surface area contributed by atoms with Crippen LogP contribution in [-0.4, -0.2) is 10.5 Å². The van der Waals surface area contributed by atoms with Crippen LogP contribution in [0.2, 0.25) is 5.02 Å². The van der Waals surface area contributed by atoms with Crippen LogP contribution in [0.25, 0.3) is 0 Å². The molecule has 4 heteroatoms. The summed E-state index contributed by atoms with van der Waals surface area (Å²) >= 11 is 5.86. The summed E-state index contributed by atoms with van der Waals surface area (Å²) in [6, 6.07) is 21.1. The first-order valence-electron chi connectivity index (χ1n) is 7.45. The van der Waals surface area contributed by atoms with Crippen molar-refractivity contribution in [1.82, 2.24) is 4.57 Å². The van der Waals surface area contributed by atoms with Crippen molar-refractivity contribution >= 4 is 23.2 Å². The third-order valence-corrected chi connectivity index (χ3v) is 3.93. The molecule has 0 spiro atoms. The fraction of sp³-hybridized carbons (Fsp3) is 0.105. The molecule has 0 aliphatic heterocycles. The van der Waals surface area contributed by atoms with Gasteiger partial charge in [-0.25, -0.2) is 0 Å². The van der Waals surface area contributed by atoms with Gasteiger partial charge in [-0.2, -0.15) is 0 Å². The Morgan fingerprint density at radius 1 is 0.957 bits per heavy atom. The molecule has 2 aromatic carbocycles. The Hall–Kier alpha value is -2.52. The van der Waals surface area contributed by atoms with E-state index in [9.17, 15) is 4.79 Å². The van der Waals surface area contributed by atoms with E-state index in [0.717, 1.165) is 11.3 Å². The van der Waals surface area contributed by atoms with Crippen molar-refractivity contribution in [2.45, 2.75) is 12.5 Å². The van der Waals surface area contributed by atoms with Crippen LogP contribution in [0.5, 0.6) is 0 Å². The minimum absolute atomic E-state index is 0.0292. The van der Waals surface area contributed by atoms with E-state index in [-0.39, 0.29) is 11.9 Å². The molecular weight excluding hydrogens is 308 g/mol. The van der Waals surface area contributed by atoms with Gasteiger partial charge in [-0.05, 0) is 42.0 Å². The van der Waals surface area contributed by atoms with Gasteiger partial charge in [0.25, 0.3) is 0 Å². The quantitative estimate of drug-likeness (QED) is 0.721. The van der Waals surface area contributed by atoms with Crippen LogP contribution >= 0.6 is 11.6 Å². The summed E-state index contributed by atoms with van der Waals surface area (Å²) in [5, 5.41) is 3.57. The second-order valence-corrected chi connectivity index (χ2v) is 5.75. The lowest BCUT2D eigenvalue weighted by atomic mass is 10.0. The van der Waals surface area contributed by atoms with Gasteiger partial charge in [0, 0.05) is 23.1 Å². The van der Waals surface area contributed by atoms with Crippen molar-refractivity contribution in [2.75, 3.05) is 5.32 Å². The number of hydrogen-bond acceptors (Lipinski definition) is 1. The van der Waals surface area contributed by atoms with E-state index in [1.807, 2.05) is 54.9 Å². The summed E-state index contributed by atoms with van der Waals surface area (Å²) in [7, 11) is 0. The number of rotatable bonds is 5. The van der Waals surface area contributed by atoms with E-state index in [4.69, 9.17) is 11.6 Å². The highest BCUT2D eigenvalue weighted by molar-refractivity contribution is 6.30. The van der Waals surface area contributed by atoms with Crippen LogP contribution in [-0.2, 0) is 4.79 Å². The van der Waals surface area contributed by atoms with Crippen LogP contribution in [0.1, 0.15) is 18.0 Å². The Kier molecular flexibility index (Phi) is 4.79. The van der Waals surface area contributed by atoms with E-state index in [2.05, 4.69) is 9.88 Å². The SMILES string of the molecule is O=C(CC(c1ccccc1)n1cccc1)Nc1ccc(Cl)cc1. The summed E-state index contributed by atoms with van der Waals surface area (Å²) in [6.45, 7) is 0. The van der Waals surface area contributed by atoms with Crippen molar-refractivity contribution in [3.8, 4) is 0 Å². The van der Waals surface area contributed by atoms with Crippen LogP contribution in [0.15, 0.2) is 79.1 Å². The normalized spacial score (nSPS) is 11.9. The molecule has 0 bridgehead atoms. The molecule has 1 N–H and O–H groups in total. The maximum Gasteiger partial charge on any atom is 0.226 e. The number of nitrogens with one attached hydrogen (secondary N) is 1. The molecule has 116 valence electrons. The zero-order valence-electron chi connectivity index (χ0n) is 12.5. The highest BCUT2D eigenvalue weighted by Crippen LogP contribution is 2.23. The summed E-state index contributed by atoms with van der Waals surface area (Å²) < 4.78 is 2.05. The van der Waals surface area contributed by atoms with Crippen molar-refractivity contribution in [1.29, 1.82) is 0 Å². The van der Waals surface area contributed by atoms with Crippen LogP contribution in [0.4, 0.5) is 5.69 Å². The molecule has 1 heterocycles. The number of carbonyl (C=O) groups excluding carboxylic acids is 1. The average molecular weight is 325 g/mol. The highest BCUT2D eigenvalue weighted by atomic mass is 35.5. The maximum absolute atomic E-state index is 12.4.